The summed E-state index contributed by atoms with van der Waals surface area (Å²) in [5, 5.41) is 3.08. The molecule has 1 N–H and O–H groups in total. The van der Waals surface area contributed by atoms with Gasteiger partial charge in [-0.1, -0.05) is 36.4 Å². The maximum absolute atomic E-state index is 12.5. The molecule has 0 radical (unpaired) electrons. The van der Waals surface area contributed by atoms with Crippen LogP contribution >= 0.6 is 11.8 Å². The van der Waals surface area contributed by atoms with E-state index in [1.165, 1.54) is 5.56 Å². The fourth-order valence-corrected chi connectivity index (χ4v) is 4.11. The molecule has 0 aromatic heterocycles. The van der Waals surface area contributed by atoms with Gasteiger partial charge in [-0.2, -0.15) is 0 Å². The zero-order valence-electron chi connectivity index (χ0n) is 15.4. The molecule has 2 atom stereocenters. The second kappa shape index (κ2) is 9.10. The lowest BCUT2D eigenvalue weighted by molar-refractivity contribution is -0.120. The number of thioether (sulfide) groups is 1. The molecule has 0 spiro atoms. The van der Waals surface area contributed by atoms with Crippen LogP contribution in [0.1, 0.15) is 18.9 Å². The Labute approximate surface area is 159 Å². The Bertz CT molecular complexity index is 723. The Morgan fingerprint density at radius 2 is 2.08 bits per heavy atom. The van der Waals surface area contributed by atoms with E-state index in [1.54, 1.807) is 18.9 Å². The van der Waals surface area contributed by atoms with Crippen LogP contribution in [0, 0.1) is 0 Å². The molecule has 2 aromatic carbocycles. The first-order valence-electron chi connectivity index (χ1n) is 9.01. The summed E-state index contributed by atoms with van der Waals surface area (Å²) in [5.41, 5.74) is 1.32. The first-order chi connectivity index (χ1) is 12.6. The average molecular weight is 371 g/mol. The SMILES string of the molecule is COc1cccc(SC(C)C(=O)NC2CCN(Cc3ccccc3)C2)c1. The van der Waals surface area contributed by atoms with Crippen LogP contribution in [0.4, 0.5) is 0 Å². The van der Waals surface area contributed by atoms with Gasteiger partial charge in [0.1, 0.15) is 5.75 Å². The molecule has 0 aliphatic carbocycles. The highest BCUT2D eigenvalue weighted by Crippen LogP contribution is 2.27. The Morgan fingerprint density at radius 3 is 2.85 bits per heavy atom. The van der Waals surface area contributed by atoms with E-state index < -0.39 is 0 Å². The number of carbonyl (C=O) groups is 1. The van der Waals surface area contributed by atoms with Crippen LogP contribution in [-0.2, 0) is 11.3 Å². The van der Waals surface area contributed by atoms with Crippen molar-refractivity contribution in [2.75, 3.05) is 20.2 Å². The summed E-state index contributed by atoms with van der Waals surface area (Å²) in [6, 6.07) is 18.6. The fraction of sp³-hybridized carbons (Fsp3) is 0.381. The molecular formula is C21H26N2O2S. The van der Waals surface area contributed by atoms with Gasteiger partial charge in [0.05, 0.1) is 12.4 Å². The number of rotatable bonds is 7. The van der Waals surface area contributed by atoms with E-state index >= 15 is 0 Å². The van der Waals surface area contributed by atoms with E-state index in [0.717, 1.165) is 36.7 Å². The minimum absolute atomic E-state index is 0.101. The predicted molar refractivity (Wildman–Crippen MR) is 107 cm³/mol. The van der Waals surface area contributed by atoms with Crippen LogP contribution in [0.2, 0.25) is 0 Å². The third-order valence-electron chi connectivity index (χ3n) is 4.59. The number of nitrogens with one attached hydrogen (secondary N) is 1. The lowest BCUT2D eigenvalue weighted by atomic mass is 10.2. The molecule has 1 saturated heterocycles. The van der Waals surface area contributed by atoms with Crippen molar-refractivity contribution in [3.8, 4) is 5.75 Å². The Morgan fingerprint density at radius 1 is 1.27 bits per heavy atom. The lowest BCUT2D eigenvalue weighted by Crippen LogP contribution is -2.40. The highest BCUT2D eigenvalue weighted by Gasteiger charge is 2.25. The molecule has 1 heterocycles. The molecule has 1 fully saturated rings. The zero-order valence-corrected chi connectivity index (χ0v) is 16.2. The number of hydrogen-bond acceptors (Lipinski definition) is 4. The maximum Gasteiger partial charge on any atom is 0.233 e. The van der Waals surface area contributed by atoms with Gasteiger partial charge in [0.2, 0.25) is 5.91 Å². The van der Waals surface area contributed by atoms with Gasteiger partial charge in [0.15, 0.2) is 0 Å². The van der Waals surface area contributed by atoms with Gasteiger partial charge in [-0.15, -0.1) is 11.8 Å². The number of methoxy groups -OCH3 is 1. The van der Waals surface area contributed by atoms with Crippen molar-refractivity contribution in [1.82, 2.24) is 10.2 Å². The molecule has 2 unspecified atom stereocenters. The quantitative estimate of drug-likeness (QED) is 0.757. The molecule has 138 valence electrons. The monoisotopic (exact) mass is 370 g/mol. The smallest absolute Gasteiger partial charge is 0.233 e. The number of likely N-dealkylation sites (tertiary alicyclic amines) is 1. The Balaban J connectivity index is 1.47. The van der Waals surface area contributed by atoms with E-state index in [4.69, 9.17) is 4.74 Å². The first-order valence-corrected chi connectivity index (χ1v) is 9.89. The second-order valence-corrected chi connectivity index (χ2v) is 8.07. The molecule has 1 aliphatic heterocycles. The van der Waals surface area contributed by atoms with E-state index in [2.05, 4.69) is 34.5 Å². The molecule has 26 heavy (non-hydrogen) atoms. The van der Waals surface area contributed by atoms with Crippen molar-refractivity contribution < 1.29 is 9.53 Å². The summed E-state index contributed by atoms with van der Waals surface area (Å²) < 4.78 is 5.25. The van der Waals surface area contributed by atoms with E-state index in [1.807, 2.05) is 37.3 Å². The highest BCUT2D eigenvalue weighted by molar-refractivity contribution is 8.00. The van der Waals surface area contributed by atoms with Gasteiger partial charge < -0.3 is 10.1 Å². The number of amides is 1. The standard InChI is InChI=1S/C21H26N2O2S/c1-16(26-20-10-6-9-19(13-20)25-2)21(24)22-18-11-12-23(15-18)14-17-7-4-3-5-8-17/h3-10,13,16,18H,11-12,14-15H2,1-2H3,(H,22,24). The predicted octanol–water partition coefficient (Wildman–Crippen LogP) is 3.57. The topological polar surface area (TPSA) is 41.6 Å². The first kappa shape index (κ1) is 18.8. The highest BCUT2D eigenvalue weighted by atomic mass is 32.2. The number of ether oxygens (including phenoxy) is 1. The van der Waals surface area contributed by atoms with Gasteiger partial charge in [0, 0.05) is 30.6 Å². The van der Waals surface area contributed by atoms with Gasteiger partial charge in [-0.25, -0.2) is 0 Å². The molecule has 2 aromatic rings. The third-order valence-corrected chi connectivity index (χ3v) is 5.68. The van der Waals surface area contributed by atoms with Crippen LogP contribution in [-0.4, -0.2) is 42.3 Å². The molecule has 0 bridgehead atoms. The van der Waals surface area contributed by atoms with E-state index in [9.17, 15) is 4.79 Å². The van der Waals surface area contributed by atoms with Crippen molar-refractivity contribution in [3.05, 3.63) is 60.2 Å². The van der Waals surface area contributed by atoms with Crippen LogP contribution in [0.3, 0.4) is 0 Å². The number of hydrogen-bond donors (Lipinski definition) is 1. The van der Waals surface area contributed by atoms with Gasteiger partial charge in [-0.05, 0) is 37.1 Å². The summed E-state index contributed by atoms with van der Waals surface area (Å²) in [4.78, 5) is 16.0. The summed E-state index contributed by atoms with van der Waals surface area (Å²) >= 11 is 1.56. The summed E-state index contributed by atoms with van der Waals surface area (Å²) in [7, 11) is 1.65. The maximum atomic E-state index is 12.5. The average Bonchev–Trinajstić information content (AvgIpc) is 3.09. The Hall–Kier alpha value is -1.98. The van der Waals surface area contributed by atoms with Gasteiger partial charge in [0.25, 0.3) is 0 Å². The van der Waals surface area contributed by atoms with Crippen molar-refractivity contribution in [3.63, 3.8) is 0 Å². The van der Waals surface area contributed by atoms with Gasteiger partial charge in [-0.3, -0.25) is 9.69 Å². The minimum atomic E-state index is -0.134. The molecule has 3 rings (SSSR count). The normalized spacial score (nSPS) is 18.5. The summed E-state index contributed by atoms with van der Waals surface area (Å²) in [6.07, 6.45) is 1.01. The van der Waals surface area contributed by atoms with Crippen molar-refractivity contribution in [2.24, 2.45) is 0 Å². The second-order valence-electron chi connectivity index (χ2n) is 6.65. The van der Waals surface area contributed by atoms with Crippen molar-refractivity contribution >= 4 is 17.7 Å². The van der Waals surface area contributed by atoms with Gasteiger partial charge >= 0.3 is 0 Å². The number of nitrogens with zero attached hydrogens (tertiary/aromatic N) is 1. The third kappa shape index (κ3) is 5.26. The largest absolute Gasteiger partial charge is 0.497 e. The van der Waals surface area contributed by atoms with Crippen molar-refractivity contribution in [2.45, 2.75) is 36.1 Å². The molecule has 4 nitrogen and oxygen atoms in total. The van der Waals surface area contributed by atoms with E-state index in [-0.39, 0.29) is 17.2 Å². The Kier molecular flexibility index (Phi) is 6.58. The molecule has 1 amide bonds. The van der Waals surface area contributed by atoms with Crippen LogP contribution < -0.4 is 10.1 Å². The number of benzene rings is 2. The van der Waals surface area contributed by atoms with Crippen LogP contribution in [0.5, 0.6) is 5.75 Å². The van der Waals surface area contributed by atoms with E-state index in [0.29, 0.717) is 0 Å². The lowest BCUT2D eigenvalue weighted by Gasteiger charge is -2.18. The van der Waals surface area contributed by atoms with Crippen molar-refractivity contribution in [1.29, 1.82) is 0 Å². The zero-order chi connectivity index (χ0) is 18.4. The summed E-state index contributed by atoms with van der Waals surface area (Å²) in [5.74, 6) is 0.916. The number of carbonyl (C=O) groups excluding carboxylic acids is 1. The minimum Gasteiger partial charge on any atom is -0.497 e. The fourth-order valence-electron chi connectivity index (χ4n) is 3.19. The molecule has 0 saturated carbocycles. The van der Waals surface area contributed by atoms with Crippen LogP contribution in [0.15, 0.2) is 59.5 Å². The summed E-state index contributed by atoms with van der Waals surface area (Å²) in [6.45, 7) is 4.84. The van der Waals surface area contributed by atoms with Crippen LogP contribution in [0.25, 0.3) is 0 Å². The molecule has 5 heteroatoms. The molecule has 1 aliphatic rings. The molecular weight excluding hydrogens is 344 g/mol.